The van der Waals surface area contributed by atoms with E-state index in [-0.39, 0.29) is 23.9 Å². The lowest BCUT2D eigenvalue weighted by Gasteiger charge is -2.13. The topological polar surface area (TPSA) is 80.3 Å². The molecule has 3 rings (SSSR count). The van der Waals surface area contributed by atoms with E-state index in [2.05, 4.69) is 0 Å². The molecule has 152 valence electrons. The number of hydrogen-bond donors (Lipinski definition) is 0. The number of esters is 1. The van der Waals surface area contributed by atoms with Crippen molar-refractivity contribution in [1.82, 2.24) is 0 Å². The number of ether oxygens (including phenoxy) is 5. The molecule has 1 aliphatic heterocycles. The summed E-state index contributed by atoms with van der Waals surface area (Å²) in [6.07, 6.45) is 1.85. The summed E-state index contributed by atoms with van der Waals surface area (Å²) in [5.41, 5.74) is 1.76. The molecule has 1 heterocycles. The SMILES string of the molecule is CCC(=O)Oc1cc(C)c2c(c1)O/C(=C\c1cc(OC)c(OC)c(OC)c1)C2=O. The predicted octanol–water partition coefficient (Wildman–Crippen LogP) is 3.95. The molecule has 0 radical (unpaired) electrons. The maximum atomic E-state index is 12.9. The fourth-order valence-corrected chi connectivity index (χ4v) is 3.08. The molecular formula is C22H22O7. The quantitative estimate of drug-likeness (QED) is 0.414. The summed E-state index contributed by atoms with van der Waals surface area (Å²) in [5.74, 6) is 1.62. The first-order valence-electron chi connectivity index (χ1n) is 9.01. The molecule has 0 unspecified atom stereocenters. The highest BCUT2D eigenvalue weighted by Crippen LogP contribution is 2.41. The van der Waals surface area contributed by atoms with Crippen molar-refractivity contribution >= 4 is 17.8 Å². The molecule has 0 fully saturated rings. The second-order valence-corrected chi connectivity index (χ2v) is 6.34. The van der Waals surface area contributed by atoms with Crippen molar-refractivity contribution in [3.05, 3.63) is 46.7 Å². The van der Waals surface area contributed by atoms with Crippen LogP contribution in [-0.4, -0.2) is 33.1 Å². The highest BCUT2D eigenvalue weighted by Gasteiger charge is 2.30. The van der Waals surface area contributed by atoms with Crippen LogP contribution in [0.5, 0.6) is 28.7 Å². The first-order valence-corrected chi connectivity index (χ1v) is 9.01. The first-order chi connectivity index (χ1) is 13.9. The van der Waals surface area contributed by atoms with E-state index in [0.29, 0.717) is 45.4 Å². The van der Waals surface area contributed by atoms with Gasteiger partial charge in [-0.15, -0.1) is 0 Å². The minimum Gasteiger partial charge on any atom is -0.493 e. The van der Waals surface area contributed by atoms with Crippen LogP contribution >= 0.6 is 0 Å². The monoisotopic (exact) mass is 398 g/mol. The van der Waals surface area contributed by atoms with Crippen molar-refractivity contribution < 1.29 is 33.3 Å². The lowest BCUT2D eigenvalue weighted by atomic mass is 10.0. The van der Waals surface area contributed by atoms with Gasteiger partial charge in [0.25, 0.3) is 0 Å². The van der Waals surface area contributed by atoms with Crippen LogP contribution in [0, 0.1) is 6.92 Å². The standard InChI is InChI=1S/C22H22O7/c1-6-19(23)28-14-7-12(2)20-15(11-14)29-16(21(20)24)8-13-9-17(25-3)22(27-5)18(10-13)26-4/h7-11H,6H2,1-5H3/b16-8-. The average Bonchev–Trinajstić information content (AvgIpc) is 3.02. The van der Waals surface area contributed by atoms with Crippen molar-refractivity contribution in [2.75, 3.05) is 21.3 Å². The molecule has 2 aromatic carbocycles. The number of rotatable bonds is 6. The summed E-state index contributed by atoms with van der Waals surface area (Å²) in [5, 5.41) is 0. The number of methoxy groups -OCH3 is 3. The summed E-state index contributed by atoms with van der Waals surface area (Å²) in [6, 6.07) is 6.63. The van der Waals surface area contributed by atoms with Crippen LogP contribution in [0.15, 0.2) is 30.0 Å². The Morgan fingerprint density at radius 2 is 1.69 bits per heavy atom. The van der Waals surface area contributed by atoms with E-state index >= 15 is 0 Å². The van der Waals surface area contributed by atoms with Gasteiger partial charge in [0, 0.05) is 12.5 Å². The number of allylic oxidation sites excluding steroid dienone is 1. The maximum absolute atomic E-state index is 12.9. The molecule has 0 bridgehead atoms. The molecule has 0 saturated heterocycles. The predicted molar refractivity (Wildman–Crippen MR) is 106 cm³/mol. The van der Waals surface area contributed by atoms with E-state index in [4.69, 9.17) is 23.7 Å². The van der Waals surface area contributed by atoms with Gasteiger partial charge < -0.3 is 23.7 Å². The lowest BCUT2D eigenvalue weighted by Crippen LogP contribution is -2.06. The highest BCUT2D eigenvalue weighted by molar-refractivity contribution is 6.15. The second kappa shape index (κ2) is 8.26. The number of benzene rings is 2. The van der Waals surface area contributed by atoms with Gasteiger partial charge in [-0.3, -0.25) is 9.59 Å². The Morgan fingerprint density at radius 3 is 2.24 bits per heavy atom. The number of Topliss-reactive ketones (excluding diaryl/α,β-unsaturated/α-hetero) is 1. The molecule has 0 aliphatic carbocycles. The molecule has 0 atom stereocenters. The van der Waals surface area contributed by atoms with E-state index < -0.39 is 0 Å². The number of fused-ring (bicyclic) bond motifs is 1. The molecular weight excluding hydrogens is 376 g/mol. The Balaban J connectivity index is 1.98. The summed E-state index contributed by atoms with van der Waals surface area (Å²) in [7, 11) is 4.55. The third kappa shape index (κ3) is 3.89. The number of hydrogen-bond acceptors (Lipinski definition) is 7. The van der Waals surface area contributed by atoms with Crippen LogP contribution in [-0.2, 0) is 4.79 Å². The highest BCUT2D eigenvalue weighted by atomic mass is 16.5. The zero-order chi connectivity index (χ0) is 21.1. The summed E-state index contributed by atoms with van der Waals surface area (Å²) in [4.78, 5) is 24.4. The summed E-state index contributed by atoms with van der Waals surface area (Å²) in [6.45, 7) is 3.48. The minimum absolute atomic E-state index is 0.149. The van der Waals surface area contributed by atoms with Crippen LogP contribution in [0.3, 0.4) is 0 Å². The molecule has 7 heteroatoms. The van der Waals surface area contributed by atoms with E-state index in [1.807, 2.05) is 0 Å². The van der Waals surface area contributed by atoms with Crippen LogP contribution in [0.2, 0.25) is 0 Å². The summed E-state index contributed by atoms with van der Waals surface area (Å²) < 4.78 is 27.0. The molecule has 0 aromatic heterocycles. The van der Waals surface area contributed by atoms with Crippen LogP contribution in [0.25, 0.3) is 6.08 Å². The van der Waals surface area contributed by atoms with Gasteiger partial charge in [0.2, 0.25) is 11.5 Å². The van der Waals surface area contributed by atoms with E-state index in [1.54, 1.807) is 44.2 Å². The Kier molecular flexibility index (Phi) is 5.77. The third-order valence-corrected chi connectivity index (χ3v) is 4.45. The average molecular weight is 398 g/mol. The third-order valence-electron chi connectivity index (χ3n) is 4.45. The van der Waals surface area contributed by atoms with Crippen LogP contribution in [0.4, 0.5) is 0 Å². The van der Waals surface area contributed by atoms with Gasteiger partial charge in [0.05, 0.1) is 26.9 Å². The Labute approximate surface area is 168 Å². The molecule has 0 amide bonds. The van der Waals surface area contributed by atoms with Crippen molar-refractivity contribution in [2.24, 2.45) is 0 Å². The van der Waals surface area contributed by atoms with Gasteiger partial charge in [-0.25, -0.2) is 0 Å². The fourth-order valence-electron chi connectivity index (χ4n) is 3.08. The van der Waals surface area contributed by atoms with Gasteiger partial charge >= 0.3 is 5.97 Å². The number of ketones is 1. The van der Waals surface area contributed by atoms with Crippen LogP contribution in [0.1, 0.15) is 34.8 Å². The molecule has 2 aromatic rings. The molecule has 0 N–H and O–H groups in total. The fraction of sp³-hybridized carbons (Fsp3) is 0.273. The molecule has 1 aliphatic rings. The molecule has 0 spiro atoms. The minimum atomic E-state index is -0.359. The van der Waals surface area contributed by atoms with Crippen molar-refractivity contribution in [3.8, 4) is 28.7 Å². The largest absolute Gasteiger partial charge is 0.493 e. The van der Waals surface area contributed by atoms with Crippen molar-refractivity contribution in [2.45, 2.75) is 20.3 Å². The molecule has 7 nitrogen and oxygen atoms in total. The molecule has 29 heavy (non-hydrogen) atoms. The number of carbonyl (C=O) groups is 2. The smallest absolute Gasteiger partial charge is 0.310 e. The lowest BCUT2D eigenvalue weighted by molar-refractivity contribution is -0.134. The first kappa shape index (κ1) is 20.3. The zero-order valence-corrected chi connectivity index (χ0v) is 17.0. The Morgan fingerprint density at radius 1 is 1.03 bits per heavy atom. The maximum Gasteiger partial charge on any atom is 0.310 e. The number of carbonyl (C=O) groups excluding carboxylic acids is 2. The Bertz CT molecular complexity index is 979. The van der Waals surface area contributed by atoms with Gasteiger partial charge in [-0.1, -0.05) is 6.92 Å². The second-order valence-electron chi connectivity index (χ2n) is 6.34. The van der Waals surface area contributed by atoms with Gasteiger partial charge in [-0.05, 0) is 42.3 Å². The number of aryl methyl sites for hydroxylation is 1. The van der Waals surface area contributed by atoms with Gasteiger partial charge in [0.1, 0.15) is 11.5 Å². The van der Waals surface area contributed by atoms with E-state index in [9.17, 15) is 9.59 Å². The van der Waals surface area contributed by atoms with Gasteiger partial charge in [-0.2, -0.15) is 0 Å². The Hall–Kier alpha value is -3.48. The van der Waals surface area contributed by atoms with E-state index in [1.165, 1.54) is 21.3 Å². The van der Waals surface area contributed by atoms with E-state index in [0.717, 1.165) is 0 Å². The van der Waals surface area contributed by atoms with Crippen molar-refractivity contribution in [3.63, 3.8) is 0 Å². The van der Waals surface area contributed by atoms with Gasteiger partial charge in [0.15, 0.2) is 17.3 Å². The molecule has 0 saturated carbocycles. The normalized spacial score (nSPS) is 13.7. The summed E-state index contributed by atoms with van der Waals surface area (Å²) >= 11 is 0. The van der Waals surface area contributed by atoms with Crippen LogP contribution < -0.4 is 23.7 Å². The van der Waals surface area contributed by atoms with Crippen molar-refractivity contribution in [1.29, 1.82) is 0 Å². The zero-order valence-electron chi connectivity index (χ0n) is 17.0.